The summed E-state index contributed by atoms with van der Waals surface area (Å²) in [6.07, 6.45) is 1.73. The van der Waals surface area contributed by atoms with Gasteiger partial charge in [0.25, 0.3) is 0 Å². The van der Waals surface area contributed by atoms with Crippen LogP contribution in [0.5, 0.6) is 0 Å². The van der Waals surface area contributed by atoms with Crippen LogP contribution in [0.3, 0.4) is 0 Å². The quantitative estimate of drug-likeness (QED) is 0.498. The molecule has 0 aliphatic rings. The Hall–Kier alpha value is -1.51. The number of carbonyl (C=O) groups excluding carboxylic acids is 1. The van der Waals surface area contributed by atoms with Gasteiger partial charge in [0.2, 0.25) is 0 Å². The Kier molecular flexibility index (Phi) is 2.11. The fraction of sp³-hybridized carbons (Fsp3) is 0.125. The van der Waals surface area contributed by atoms with E-state index < -0.39 is 0 Å². The van der Waals surface area contributed by atoms with Crippen LogP contribution >= 0.6 is 0 Å². The maximum atomic E-state index is 10.2. The lowest BCUT2D eigenvalue weighted by molar-refractivity contribution is 0.554. The summed E-state index contributed by atoms with van der Waals surface area (Å²) < 4.78 is 0. The summed E-state index contributed by atoms with van der Waals surface area (Å²) in [4.78, 5) is 11.5. The van der Waals surface area contributed by atoms with E-state index in [2.05, 4.69) is 0 Å². The first-order valence-corrected chi connectivity index (χ1v) is 3.21. The van der Waals surface area contributed by atoms with Crippen LogP contribution in [0.4, 0.5) is 11.4 Å². The van der Waals surface area contributed by atoms with Crippen molar-refractivity contribution in [2.45, 2.75) is 0 Å². The van der Waals surface area contributed by atoms with E-state index in [0.717, 1.165) is 0 Å². The van der Waals surface area contributed by atoms with E-state index in [1.54, 1.807) is 25.6 Å². The van der Waals surface area contributed by atoms with Gasteiger partial charge >= 0.3 is 6.41 Å². The van der Waals surface area contributed by atoms with Gasteiger partial charge in [-0.2, -0.15) is 0 Å². The Balaban J connectivity index is 3.02. The van der Waals surface area contributed by atoms with Gasteiger partial charge in [-0.05, 0) is 12.1 Å². The Morgan fingerprint density at radius 3 is 2.64 bits per heavy atom. The molecule has 3 nitrogen and oxygen atoms in total. The van der Waals surface area contributed by atoms with Gasteiger partial charge in [0.15, 0.2) is 0 Å². The van der Waals surface area contributed by atoms with Crippen molar-refractivity contribution in [2.75, 3.05) is 17.7 Å². The molecule has 0 saturated carbocycles. The molecule has 0 saturated heterocycles. The van der Waals surface area contributed by atoms with Crippen molar-refractivity contribution in [2.24, 2.45) is 0 Å². The third-order valence-electron chi connectivity index (χ3n) is 1.44. The maximum absolute atomic E-state index is 10.2. The molecule has 57 valence electrons. The largest absolute Gasteiger partial charge is 0.397 e. The molecule has 11 heavy (non-hydrogen) atoms. The maximum Gasteiger partial charge on any atom is 0.316 e. The second kappa shape index (κ2) is 3.05. The van der Waals surface area contributed by atoms with Crippen LogP contribution in [-0.4, -0.2) is 13.5 Å². The van der Waals surface area contributed by atoms with Gasteiger partial charge in [-0.15, -0.1) is 0 Å². The van der Waals surface area contributed by atoms with Gasteiger partial charge < -0.3 is 10.6 Å². The Labute approximate surface area is 65.4 Å². The summed E-state index contributed by atoms with van der Waals surface area (Å²) in [5, 5.41) is 0. The monoisotopic (exact) mass is 149 g/mol. The molecule has 3 heteroatoms. The minimum atomic E-state index is 0.582. The molecule has 0 atom stereocenters. The summed E-state index contributed by atoms with van der Waals surface area (Å²) in [5.74, 6) is 0. The molecule has 1 aromatic rings. The molecule has 0 spiro atoms. The van der Waals surface area contributed by atoms with Crippen molar-refractivity contribution in [3.63, 3.8) is 0 Å². The molecule has 2 N–H and O–H groups in total. The normalized spacial score (nSPS) is 9.18. The zero-order valence-corrected chi connectivity index (χ0v) is 6.24. The highest BCUT2D eigenvalue weighted by molar-refractivity contribution is 5.81. The summed E-state index contributed by atoms with van der Waals surface area (Å²) in [6, 6.07) is 7.14. The number of hydrogen-bond donors (Lipinski definition) is 1. The first-order chi connectivity index (χ1) is 5.25. The van der Waals surface area contributed by atoms with Crippen molar-refractivity contribution >= 4 is 17.8 Å². The average Bonchev–Trinajstić information content (AvgIpc) is 2.04. The highest BCUT2D eigenvalue weighted by atomic mass is 16.1. The van der Waals surface area contributed by atoms with Crippen LogP contribution in [0.25, 0.3) is 0 Å². The lowest BCUT2D eigenvalue weighted by Crippen LogP contribution is -2.14. The van der Waals surface area contributed by atoms with Crippen molar-refractivity contribution < 1.29 is 4.79 Å². The number of nitrogens with zero attached hydrogens (tertiary/aromatic N) is 1. The number of amides is 1. The van der Waals surface area contributed by atoms with Gasteiger partial charge in [-0.1, -0.05) is 12.1 Å². The second-order valence-corrected chi connectivity index (χ2v) is 2.21. The molecule has 1 rings (SSSR count). The molecule has 0 heterocycles. The van der Waals surface area contributed by atoms with Crippen molar-refractivity contribution in [3.05, 3.63) is 24.3 Å². The third kappa shape index (κ3) is 1.49. The summed E-state index contributed by atoms with van der Waals surface area (Å²) in [5.41, 5.74) is 6.84. The van der Waals surface area contributed by atoms with Gasteiger partial charge in [-0.3, -0.25) is 4.79 Å². The highest BCUT2D eigenvalue weighted by Gasteiger charge is 2.01. The number of nitrogen functional groups attached to an aromatic ring is 1. The molecule has 1 amide bonds. The topological polar surface area (TPSA) is 46.3 Å². The van der Waals surface area contributed by atoms with E-state index in [0.29, 0.717) is 11.4 Å². The number of anilines is 2. The van der Waals surface area contributed by atoms with Crippen LogP contribution < -0.4 is 10.6 Å². The summed E-state index contributed by atoms with van der Waals surface area (Å²) in [6.45, 7) is 0. The third-order valence-corrected chi connectivity index (χ3v) is 1.44. The zero-order valence-electron chi connectivity index (χ0n) is 6.24. The van der Waals surface area contributed by atoms with E-state index in [1.165, 1.54) is 4.90 Å². The van der Waals surface area contributed by atoms with Crippen LogP contribution in [0.15, 0.2) is 24.3 Å². The van der Waals surface area contributed by atoms with Gasteiger partial charge in [0, 0.05) is 7.05 Å². The Morgan fingerprint density at radius 2 is 2.09 bits per heavy atom. The molecule has 0 fully saturated rings. The molecule has 0 aromatic heterocycles. The first kappa shape index (κ1) is 7.60. The van der Waals surface area contributed by atoms with E-state index in [-0.39, 0.29) is 0 Å². The minimum Gasteiger partial charge on any atom is -0.397 e. The van der Waals surface area contributed by atoms with Gasteiger partial charge in [-0.25, -0.2) is 0 Å². The van der Waals surface area contributed by atoms with Crippen LogP contribution in [0.2, 0.25) is 0 Å². The molecular weight excluding hydrogens is 140 g/mol. The standard InChI is InChI=1S/C8H9N2O/c1-10(6-11)8-5-3-2-4-7(8)9/h2-5H,9H2,1H3. The summed E-state index contributed by atoms with van der Waals surface area (Å²) in [7, 11) is 1.61. The van der Waals surface area contributed by atoms with Crippen LogP contribution in [-0.2, 0) is 4.79 Å². The smallest absolute Gasteiger partial charge is 0.316 e. The molecular formula is C8H9N2O. The zero-order chi connectivity index (χ0) is 8.27. The molecule has 0 aliphatic carbocycles. The molecule has 0 unspecified atom stereocenters. The molecule has 0 bridgehead atoms. The van der Waals surface area contributed by atoms with Gasteiger partial charge in [0.05, 0.1) is 11.4 Å². The first-order valence-electron chi connectivity index (χ1n) is 3.21. The van der Waals surface area contributed by atoms with E-state index in [4.69, 9.17) is 5.73 Å². The molecule has 0 aliphatic heterocycles. The van der Waals surface area contributed by atoms with Crippen molar-refractivity contribution in [1.29, 1.82) is 0 Å². The van der Waals surface area contributed by atoms with E-state index in [9.17, 15) is 4.79 Å². The Morgan fingerprint density at radius 1 is 1.45 bits per heavy atom. The van der Waals surface area contributed by atoms with E-state index >= 15 is 0 Å². The fourth-order valence-corrected chi connectivity index (χ4v) is 0.842. The number of nitrogens with two attached hydrogens (primary N) is 1. The highest BCUT2D eigenvalue weighted by Crippen LogP contribution is 2.19. The van der Waals surface area contributed by atoms with E-state index in [1.807, 2.05) is 12.1 Å². The summed E-state index contributed by atoms with van der Waals surface area (Å²) >= 11 is 0. The van der Waals surface area contributed by atoms with Crippen LogP contribution in [0.1, 0.15) is 0 Å². The SMILES string of the molecule is CN([C]=O)c1ccccc1N. The number of benzene rings is 1. The predicted octanol–water partition coefficient (Wildman–Crippen LogP) is 0.772. The lowest BCUT2D eigenvalue weighted by atomic mass is 10.2. The second-order valence-electron chi connectivity index (χ2n) is 2.21. The van der Waals surface area contributed by atoms with Crippen LogP contribution in [0, 0.1) is 0 Å². The molecule has 1 radical (unpaired) electrons. The number of rotatable bonds is 2. The fourth-order valence-electron chi connectivity index (χ4n) is 0.842. The lowest BCUT2D eigenvalue weighted by Gasteiger charge is -2.11. The van der Waals surface area contributed by atoms with Crippen molar-refractivity contribution in [3.8, 4) is 0 Å². The van der Waals surface area contributed by atoms with Crippen molar-refractivity contribution in [1.82, 2.24) is 0 Å². The van der Waals surface area contributed by atoms with Gasteiger partial charge in [0.1, 0.15) is 0 Å². The number of para-hydroxylation sites is 2. The molecule has 1 aromatic carbocycles. The number of hydrogen-bond acceptors (Lipinski definition) is 2. The average molecular weight is 149 g/mol. The Bertz CT molecular complexity index is 260. The minimum absolute atomic E-state index is 0.582. The predicted molar refractivity (Wildman–Crippen MR) is 45.0 cm³/mol.